The number of alkyl halides is 3. The second-order valence-electron chi connectivity index (χ2n) is 3.12. The van der Waals surface area contributed by atoms with E-state index in [2.05, 4.69) is 9.46 Å². The van der Waals surface area contributed by atoms with Crippen molar-refractivity contribution in [3.05, 3.63) is 23.8 Å². The first kappa shape index (κ1) is 14.5. The van der Waals surface area contributed by atoms with Gasteiger partial charge in [-0.3, -0.25) is 0 Å². The minimum absolute atomic E-state index is 0.210. The lowest BCUT2D eigenvalue weighted by Crippen LogP contribution is -2.19. The fourth-order valence-electron chi connectivity index (χ4n) is 1.10. The van der Waals surface area contributed by atoms with Gasteiger partial charge in [-0.15, -0.1) is 13.2 Å². The Hall–Kier alpha value is -1.61. The molecule has 2 N–H and O–H groups in total. The Morgan fingerprint density at radius 3 is 2.56 bits per heavy atom. The van der Waals surface area contributed by atoms with Gasteiger partial charge in [-0.05, 0) is 18.2 Å². The standard InChI is InChI=1S/C9H8F3NO4S/c1-18(16)13-6-3-2-5(8(14)15)4-7(6)17-9(10,11)12/h2-4,13H,1H3,(H,14,15). The van der Waals surface area contributed by atoms with Crippen molar-refractivity contribution >= 4 is 23.0 Å². The number of anilines is 1. The van der Waals surface area contributed by atoms with Crippen molar-refractivity contribution in [2.75, 3.05) is 11.0 Å². The lowest BCUT2D eigenvalue weighted by molar-refractivity contribution is -0.274. The number of carboxylic acids is 1. The van der Waals surface area contributed by atoms with E-state index in [9.17, 15) is 22.5 Å². The van der Waals surface area contributed by atoms with E-state index in [4.69, 9.17) is 5.11 Å². The van der Waals surface area contributed by atoms with E-state index in [-0.39, 0.29) is 11.3 Å². The van der Waals surface area contributed by atoms with Gasteiger partial charge in [-0.25, -0.2) is 9.52 Å². The molecule has 18 heavy (non-hydrogen) atoms. The number of halogens is 3. The molecule has 1 rings (SSSR count). The molecule has 5 nitrogen and oxygen atoms in total. The van der Waals surface area contributed by atoms with Crippen LogP contribution in [0.5, 0.6) is 5.75 Å². The minimum Gasteiger partial charge on any atom is -0.593 e. The van der Waals surface area contributed by atoms with Crippen LogP contribution in [0.15, 0.2) is 18.2 Å². The van der Waals surface area contributed by atoms with Gasteiger partial charge in [0.1, 0.15) is 11.9 Å². The summed E-state index contributed by atoms with van der Waals surface area (Å²) in [7, 11) is 0. The molecule has 0 saturated carbocycles. The van der Waals surface area contributed by atoms with Gasteiger partial charge in [0.05, 0.1) is 16.9 Å². The first-order chi connectivity index (χ1) is 8.19. The van der Waals surface area contributed by atoms with E-state index in [1.807, 2.05) is 0 Å². The Morgan fingerprint density at radius 2 is 2.11 bits per heavy atom. The first-order valence-electron chi connectivity index (χ1n) is 4.42. The molecule has 9 heteroatoms. The fraction of sp³-hybridized carbons (Fsp3) is 0.222. The van der Waals surface area contributed by atoms with Gasteiger partial charge in [-0.2, -0.15) is 0 Å². The van der Waals surface area contributed by atoms with Gasteiger partial charge < -0.3 is 14.4 Å². The van der Waals surface area contributed by atoms with Crippen molar-refractivity contribution in [2.45, 2.75) is 6.36 Å². The second-order valence-corrected chi connectivity index (χ2v) is 4.23. The molecular weight excluding hydrogens is 275 g/mol. The second kappa shape index (κ2) is 5.36. The lowest BCUT2D eigenvalue weighted by atomic mass is 10.2. The number of carboxylic acid groups (broad SMARTS) is 1. The van der Waals surface area contributed by atoms with Crippen LogP contribution in [0.25, 0.3) is 0 Å². The van der Waals surface area contributed by atoms with Gasteiger partial charge in [0.2, 0.25) is 0 Å². The van der Waals surface area contributed by atoms with Crippen molar-refractivity contribution in [1.82, 2.24) is 0 Å². The summed E-state index contributed by atoms with van der Waals surface area (Å²) < 4.78 is 53.1. The molecule has 100 valence electrons. The largest absolute Gasteiger partial charge is 0.593 e. The van der Waals surface area contributed by atoms with Gasteiger partial charge in [0.15, 0.2) is 5.75 Å². The highest BCUT2D eigenvalue weighted by Gasteiger charge is 2.33. The molecule has 1 aromatic rings. The minimum atomic E-state index is -4.97. The molecule has 0 aliphatic carbocycles. The summed E-state index contributed by atoms with van der Waals surface area (Å²) in [4.78, 5) is 10.6. The Morgan fingerprint density at radius 1 is 1.50 bits per heavy atom. The van der Waals surface area contributed by atoms with E-state index in [0.717, 1.165) is 12.1 Å². The third kappa shape index (κ3) is 4.34. The maximum absolute atomic E-state index is 12.1. The monoisotopic (exact) mass is 283 g/mol. The first-order valence-corrected chi connectivity index (χ1v) is 5.98. The third-order valence-electron chi connectivity index (χ3n) is 1.71. The van der Waals surface area contributed by atoms with E-state index >= 15 is 0 Å². The van der Waals surface area contributed by atoms with Crippen LogP contribution in [0.3, 0.4) is 0 Å². The Balaban J connectivity index is 3.13. The average Bonchev–Trinajstić information content (AvgIpc) is 2.17. The Bertz CT molecular complexity index is 450. The van der Waals surface area contributed by atoms with Crippen LogP contribution in [-0.2, 0) is 11.4 Å². The molecule has 0 spiro atoms. The predicted molar refractivity (Wildman–Crippen MR) is 57.8 cm³/mol. The van der Waals surface area contributed by atoms with E-state index in [1.165, 1.54) is 6.26 Å². The molecule has 1 aromatic carbocycles. The van der Waals surface area contributed by atoms with Crippen molar-refractivity contribution < 1.29 is 32.4 Å². The van der Waals surface area contributed by atoms with Crippen LogP contribution in [0, 0.1) is 0 Å². The number of benzene rings is 1. The maximum atomic E-state index is 12.1. The molecule has 1 atom stereocenters. The molecule has 0 radical (unpaired) electrons. The van der Waals surface area contributed by atoms with Crippen LogP contribution in [0.4, 0.5) is 18.9 Å². The molecule has 0 aliphatic heterocycles. The number of rotatable bonds is 4. The number of carbonyl (C=O) groups is 1. The Labute approximate surface area is 103 Å². The predicted octanol–water partition coefficient (Wildman–Crippen LogP) is 1.99. The van der Waals surface area contributed by atoms with E-state index in [0.29, 0.717) is 6.07 Å². The summed E-state index contributed by atoms with van der Waals surface area (Å²) in [5.74, 6) is -2.15. The number of hydrogen-bond donors (Lipinski definition) is 2. The molecule has 0 fully saturated rings. The molecule has 0 heterocycles. The number of aromatic carboxylic acids is 1. The van der Waals surface area contributed by atoms with Crippen LogP contribution in [0.1, 0.15) is 10.4 Å². The smallest absolute Gasteiger partial charge is 0.573 e. The molecule has 1 unspecified atom stereocenters. The van der Waals surface area contributed by atoms with Gasteiger partial charge in [-0.1, -0.05) is 0 Å². The summed E-state index contributed by atoms with van der Waals surface area (Å²) in [6.45, 7) is 0. The van der Waals surface area contributed by atoms with Gasteiger partial charge in [0.25, 0.3) is 0 Å². The van der Waals surface area contributed by atoms with Crippen molar-refractivity contribution in [1.29, 1.82) is 0 Å². The summed E-state index contributed by atoms with van der Waals surface area (Å²) in [5.41, 5.74) is -0.583. The van der Waals surface area contributed by atoms with Crippen LogP contribution in [-0.4, -0.2) is 28.2 Å². The SMILES string of the molecule is C[S+]([O-])Nc1ccc(C(=O)O)cc1OC(F)(F)F. The molecule has 0 aromatic heterocycles. The molecule has 0 aliphatic rings. The van der Waals surface area contributed by atoms with Crippen LogP contribution in [0.2, 0.25) is 0 Å². The number of ether oxygens (including phenoxy) is 1. The van der Waals surface area contributed by atoms with E-state index in [1.54, 1.807) is 0 Å². The zero-order valence-corrected chi connectivity index (χ0v) is 9.76. The average molecular weight is 283 g/mol. The Kier molecular flexibility index (Phi) is 4.30. The molecule has 0 amide bonds. The highest BCUT2D eigenvalue weighted by molar-refractivity contribution is 7.92. The zero-order chi connectivity index (χ0) is 13.9. The highest BCUT2D eigenvalue weighted by Crippen LogP contribution is 2.31. The van der Waals surface area contributed by atoms with Crippen molar-refractivity contribution in [3.63, 3.8) is 0 Å². The van der Waals surface area contributed by atoms with E-state index < -0.39 is 29.4 Å². The highest BCUT2D eigenvalue weighted by atomic mass is 32.2. The summed E-state index contributed by atoms with van der Waals surface area (Å²) in [6, 6.07) is 2.82. The molecule has 0 saturated heterocycles. The zero-order valence-electron chi connectivity index (χ0n) is 8.95. The number of hydrogen-bond acceptors (Lipinski definition) is 4. The maximum Gasteiger partial charge on any atom is 0.573 e. The summed E-state index contributed by atoms with van der Waals surface area (Å²) >= 11 is -1.62. The van der Waals surface area contributed by atoms with Crippen LogP contribution < -0.4 is 9.46 Å². The van der Waals surface area contributed by atoms with Gasteiger partial charge >= 0.3 is 12.3 Å². The lowest BCUT2D eigenvalue weighted by Gasteiger charge is -2.14. The van der Waals surface area contributed by atoms with Gasteiger partial charge in [0, 0.05) is 0 Å². The molecule has 0 bridgehead atoms. The summed E-state index contributed by atoms with van der Waals surface area (Å²) in [6.07, 6.45) is -3.76. The summed E-state index contributed by atoms with van der Waals surface area (Å²) in [5, 5.41) is 8.66. The van der Waals surface area contributed by atoms with Crippen LogP contribution >= 0.6 is 0 Å². The third-order valence-corrected chi connectivity index (χ3v) is 2.22. The quantitative estimate of drug-likeness (QED) is 0.826. The fourth-order valence-corrected chi connectivity index (χ4v) is 1.58. The normalized spacial score (nSPS) is 12.9. The van der Waals surface area contributed by atoms with Crippen molar-refractivity contribution in [2.24, 2.45) is 0 Å². The van der Waals surface area contributed by atoms with Crippen molar-refractivity contribution in [3.8, 4) is 5.75 Å². The number of nitrogens with one attached hydrogen (secondary N) is 1. The topological polar surface area (TPSA) is 81.6 Å². The molecular formula is C9H8F3NO4S.